The van der Waals surface area contributed by atoms with Crippen molar-refractivity contribution in [2.75, 3.05) is 11.9 Å². The molecular formula is C25H26N2O2S. The smallest absolute Gasteiger partial charge is 0.226 e. The fraction of sp³-hybridized carbons (Fsp3) is 0.200. The molecule has 3 aromatic carbocycles. The summed E-state index contributed by atoms with van der Waals surface area (Å²) in [5.41, 5.74) is 4.19. The number of aryl methyl sites for hydroxylation is 2. The van der Waals surface area contributed by atoms with Gasteiger partial charge >= 0.3 is 0 Å². The highest BCUT2D eigenvalue weighted by atomic mass is 32.2. The van der Waals surface area contributed by atoms with Crippen LogP contribution in [0.25, 0.3) is 0 Å². The summed E-state index contributed by atoms with van der Waals surface area (Å²) in [7, 11) is 0. The first-order valence-electron chi connectivity index (χ1n) is 9.95. The highest BCUT2D eigenvalue weighted by Crippen LogP contribution is 2.31. The summed E-state index contributed by atoms with van der Waals surface area (Å²) >= 11 is 1.71. The molecule has 0 spiro atoms. The summed E-state index contributed by atoms with van der Waals surface area (Å²) in [6.45, 7) is 4.51. The van der Waals surface area contributed by atoms with Crippen LogP contribution in [0.3, 0.4) is 0 Å². The first kappa shape index (κ1) is 21.7. The molecule has 2 N–H and O–H groups in total. The molecule has 0 aliphatic carbocycles. The van der Waals surface area contributed by atoms with E-state index in [1.165, 1.54) is 16.0 Å². The number of hydrogen-bond donors (Lipinski definition) is 2. The van der Waals surface area contributed by atoms with E-state index in [1.54, 1.807) is 11.8 Å². The summed E-state index contributed by atoms with van der Waals surface area (Å²) in [5, 5.41) is 5.67. The highest BCUT2D eigenvalue weighted by Gasteiger charge is 2.07. The quantitative estimate of drug-likeness (QED) is 0.532. The normalized spacial score (nSPS) is 10.5. The first-order valence-corrected chi connectivity index (χ1v) is 10.8. The Labute approximate surface area is 182 Å². The van der Waals surface area contributed by atoms with Crippen LogP contribution in [0.5, 0.6) is 0 Å². The third-order valence-electron chi connectivity index (χ3n) is 4.59. The third-order valence-corrected chi connectivity index (χ3v) is 5.76. The topological polar surface area (TPSA) is 58.2 Å². The Hall–Kier alpha value is -3.05. The van der Waals surface area contributed by atoms with Crippen molar-refractivity contribution in [1.82, 2.24) is 5.32 Å². The molecule has 5 heteroatoms. The van der Waals surface area contributed by atoms with E-state index in [-0.39, 0.29) is 18.2 Å². The molecule has 30 heavy (non-hydrogen) atoms. The molecule has 0 aliphatic rings. The van der Waals surface area contributed by atoms with Gasteiger partial charge in [0.25, 0.3) is 0 Å². The number of anilines is 1. The summed E-state index contributed by atoms with van der Waals surface area (Å²) in [6, 6.07) is 23.8. The summed E-state index contributed by atoms with van der Waals surface area (Å²) < 4.78 is 0. The molecule has 0 saturated heterocycles. The minimum atomic E-state index is -0.120. The summed E-state index contributed by atoms with van der Waals surface area (Å²) in [5.74, 6) is -0.202. The molecule has 0 aliphatic heterocycles. The van der Waals surface area contributed by atoms with Crippen LogP contribution in [0.4, 0.5) is 5.69 Å². The molecule has 0 saturated carbocycles. The van der Waals surface area contributed by atoms with E-state index >= 15 is 0 Å². The van der Waals surface area contributed by atoms with Gasteiger partial charge in [-0.25, -0.2) is 0 Å². The highest BCUT2D eigenvalue weighted by molar-refractivity contribution is 7.99. The number of nitrogens with one attached hydrogen (secondary N) is 2. The standard InChI is InChI=1S/C25H26N2O2S/c1-18-8-9-19(2)23(16-18)30-22-12-10-21(11-13-22)27-24(28)14-15-26-25(29)17-20-6-4-3-5-7-20/h3-13,16H,14-15,17H2,1-2H3,(H,26,29)(H,27,28). The van der Waals surface area contributed by atoms with E-state index in [4.69, 9.17) is 0 Å². The zero-order chi connectivity index (χ0) is 21.3. The van der Waals surface area contributed by atoms with Crippen LogP contribution >= 0.6 is 11.8 Å². The monoisotopic (exact) mass is 418 g/mol. The van der Waals surface area contributed by atoms with Gasteiger partial charge in [-0.1, -0.05) is 54.2 Å². The Morgan fingerprint density at radius 2 is 1.60 bits per heavy atom. The maximum absolute atomic E-state index is 12.1. The largest absolute Gasteiger partial charge is 0.355 e. The van der Waals surface area contributed by atoms with Gasteiger partial charge in [-0.05, 0) is 60.9 Å². The molecule has 0 heterocycles. The van der Waals surface area contributed by atoms with Gasteiger partial charge < -0.3 is 10.6 Å². The number of rotatable bonds is 8. The molecule has 0 aromatic heterocycles. The molecule has 0 unspecified atom stereocenters. The Kier molecular flexibility index (Phi) is 7.69. The second-order valence-electron chi connectivity index (χ2n) is 7.21. The second-order valence-corrected chi connectivity index (χ2v) is 8.32. The second kappa shape index (κ2) is 10.6. The van der Waals surface area contributed by atoms with Gasteiger partial charge in [0.1, 0.15) is 0 Å². The molecule has 3 aromatic rings. The SMILES string of the molecule is Cc1ccc(C)c(Sc2ccc(NC(=O)CCNC(=O)Cc3ccccc3)cc2)c1. The fourth-order valence-electron chi connectivity index (χ4n) is 2.93. The maximum Gasteiger partial charge on any atom is 0.226 e. The Morgan fingerprint density at radius 1 is 0.867 bits per heavy atom. The van der Waals surface area contributed by atoms with Gasteiger partial charge in [0.15, 0.2) is 0 Å². The lowest BCUT2D eigenvalue weighted by atomic mass is 10.1. The lowest BCUT2D eigenvalue weighted by Crippen LogP contribution is -2.28. The lowest BCUT2D eigenvalue weighted by molar-refractivity contribution is -0.120. The maximum atomic E-state index is 12.1. The molecule has 0 atom stereocenters. The van der Waals surface area contributed by atoms with Crippen LogP contribution < -0.4 is 10.6 Å². The van der Waals surface area contributed by atoms with Gasteiger partial charge in [0, 0.05) is 28.4 Å². The molecule has 154 valence electrons. The van der Waals surface area contributed by atoms with Crippen molar-refractivity contribution in [2.45, 2.75) is 36.5 Å². The number of amides is 2. The number of hydrogen-bond acceptors (Lipinski definition) is 3. The zero-order valence-corrected chi connectivity index (χ0v) is 18.1. The molecule has 4 nitrogen and oxygen atoms in total. The van der Waals surface area contributed by atoms with Gasteiger partial charge in [-0.2, -0.15) is 0 Å². The summed E-state index contributed by atoms with van der Waals surface area (Å²) in [6.07, 6.45) is 0.557. The van der Waals surface area contributed by atoms with E-state index < -0.39 is 0 Å². The van der Waals surface area contributed by atoms with Gasteiger partial charge in [-0.15, -0.1) is 0 Å². The minimum Gasteiger partial charge on any atom is -0.355 e. The lowest BCUT2D eigenvalue weighted by Gasteiger charge is -2.09. The van der Waals surface area contributed by atoms with Crippen molar-refractivity contribution in [1.29, 1.82) is 0 Å². The first-order chi connectivity index (χ1) is 14.5. The molecule has 3 rings (SSSR count). The van der Waals surface area contributed by atoms with Crippen LogP contribution in [-0.2, 0) is 16.0 Å². The number of carbonyl (C=O) groups is 2. The predicted octanol–water partition coefficient (Wildman–Crippen LogP) is 5.14. The predicted molar refractivity (Wildman–Crippen MR) is 123 cm³/mol. The number of carbonyl (C=O) groups excluding carboxylic acids is 2. The van der Waals surface area contributed by atoms with Crippen molar-refractivity contribution < 1.29 is 9.59 Å². The molecule has 0 fully saturated rings. The van der Waals surface area contributed by atoms with E-state index in [9.17, 15) is 9.59 Å². The van der Waals surface area contributed by atoms with E-state index in [1.807, 2.05) is 54.6 Å². The molecule has 0 bridgehead atoms. The van der Waals surface area contributed by atoms with Crippen LogP contribution in [0.1, 0.15) is 23.1 Å². The Morgan fingerprint density at radius 3 is 2.33 bits per heavy atom. The van der Waals surface area contributed by atoms with Crippen molar-refractivity contribution in [3.63, 3.8) is 0 Å². The van der Waals surface area contributed by atoms with E-state index in [2.05, 4.69) is 42.7 Å². The van der Waals surface area contributed by atoms with Gasteiger partial charge in [0.2, 0.25) is 11.8 Å². The van der Waals surface area contributed by atoms with Crippen LogP contribution in [-0.4, -0.2) is 18.4 Å². The van der Waals surface area contributed by atoms with Crippen molar-refractivity contribution >= 4 is 29.3 Å². The Bertz CT molecular complexity index is 1000. The van der Waals surface area contributed by atoms with E-state index in [0.29, 0.717) is 13.0 Å². The zero-order valence-electron chi connectivity index (χ0n) is 17.3. The fourth-order valence-corrected chi connectivity index (χ4v) is 3.93. The average Bonchev–Trinajstić information content (AvgIpc) is 2.73. The van der Waals surface area contributed by atoms with Crippen molar-refractivity contribution in [3.05, 3.63) is 89.5 Å². The van der Waals surface area contributed by atoms with E-state index in [0.717, 1.165) is 16.1 Å². The van der Waals surface area contributed by atoms with Gasteiger partial charge in [-0.3, -0.25) is 9.59 Å². The van der Waals surface area contributed by atoms with Crippen LogP contribution in [0, 0.1) is 13.8 Å². The van der Waals surface area contributed by atoms with Crippen LogP contribution in [0.2, 0.25) is 0 Å². The minimum absolute atomic E-state index is 0.0816. The third kappa shape index (κ3) is 6.78. The summed E-state index contributed by atoms with van der Waals surface area (Å²) in [4.78, 5) is 26.4. The molecule has 0 radical (unpaired) electrons. The van der Waals surface area contributed by atoms with Crippen molar-refractivity contribution in [3.8, 4) is 0 Å². The van der Waals surface area contributed by atoms with Crippen LogP contribution in [0.15, 0.2) is 82.6 Å². The molecule has 2 amide bonds. The number of benzene rings is 3. The molecular weight excluding hydrogens is 392 g/mol. The average molecular weight is 419 g/mol. The van der Waals surface area contributed by atoms with Crippen molar-refractivity contribution in [2.24, 2.45) is 0 Å². The van der Waals surface area contributed by atoms with Gasteiger partial charge in [0.05, 0.1) is 6.42 Å². The Balaban J connectivity index is 1.43.